The van der Waals surface area contributed by atoms with Gasteiger partial charge in [0.25, 0.3) is 0 Å². The predicted molar refractivity (Wildman–Crippen MR) is 85.4 cm³/mol. The van der Waals surface area contributed by atoms with Crippen molar-refractivity contribution in [1.29, 1.82) is 0 Å². The molecule has 1 atom stereocenters. The molecular weight excluding hydrogens is 266 g/mol. The molecule has 1 saturated carbocycles. The van der Waals surface area contributed by atoms with E-state index in [4.69, 9.17) is 4.74 Å². The van der Waals surface area contributed by atoms with Gasteiger partial charge in [-0.3, -0.25) is 0 Å². The Kier molecular flexibility index (Phi) is 4.79. The van der Waals surface area contributed by atoms with Gasteiger partial charge >= 0.3 is 0 Å². The quantitative estimate of drug-likeness (QED) is 0.869. The van der Waals surface area contributed by atoms with Crippen molar-refractivity contribution < 1.29 is 4.74 Å². The molecule has 1 N–H and O–H groups in total. The molecule has 1 aliphatic heterocycles. The third-order valence-corrected chi connectivity index (χ3v) is 6.14. The molecule has 0 spiro atoms. The van der Waals surface area contributed by atoms with Gasteiger partial charge in [0, 0.05) is 17.0 Å². The molecule has 0 bridgehead atoms. The summed E-state index contributed by atoms with van der Waals surface area (Å²) in [6.07, 6.45) is 11.9. The highest BCUT2D eigenvalue weighted by Crippen LogP contribution is 2.43. The van der Waals surface area contributed by atoms with Crippen molar-refractivity contribution >= 4 is 11.3 Å². The van der Waals surface area contributed by atoms with Crippen molar-refractivity contribution in [2.75, 3.05) is 13.7 Å². The third-order valence-electron chi connectivity index (χ3n) is 5.14. The van der Waals surface area contributed by atoms with Crippen molar-refractivity contribution in [1.82, 2.24) is 5.32 Å². The summed E-state index contributed by atoms with van der Waals surface area (Å²) in [7, 11) is 2.13. The van der Waals surface area contributed by atoms with Crippen LogP contribution in [0.25, 0.3) is 0 Å². The van der Waals surface area contributed by atoms with Gasteiger partial charge < -0.3 is 10.1 Å². The van der Waals surface area contributed by atoms with Gasteiger partial charge in [-0.05, 0) is 56.2 Å². The molecule has 3 heteroatoms. The number of hydrogen-bond acceptors (Lipinski definition) is 3. The number of fused-ring (bicyclic) bond motifs is 1. The number of rotatable bonds is 2. The van der Waals surface area contributed by atoms with E-state index < -0.39 is 0 Å². The Labute approximate surface area is 126 Å². The summed E-state index contributed by atoms with van der Waals surface area (Å²) < 4.78 is 6.43. The van der Waals surface area contributed by atoms with E-state index in [-0.39, 0.29) is 11.6 Å². The second-order valence-corrected chi connectivity index (χ2v) is 7.33. The van der Waals surface area contributed by atoms with Crippen LogP contribution in [-0.4, -0.2) is 19.2 Å². The molecule has 3 rings (SSSR count). The SMILES string of the molecule is CNC1(C2OCCCCCc3sccc32)CCCCC1. The van der Waals surface area contributed by atoms with Crippen molar-refractivity contribution in [3.63, 3.8) is 0 Å². The summed E-state index contributed by atoms with van der Waals surface area (Å²) in [6, 6.07) is 2.32. The van der Waals surface area contributed by atoms with E-state index in [0.29, 0.717) is 0 Å². The molecule has 112 valence electrons. The first-order chi connectivity index (χ1) is 9.86. The summed E-state index contributed by atoms with van der Waals surface area (Å²) in [4.78, 5) is 1.57. The normalized spacial score (nSPS) is 27.1. The maximum absolute atomic E-state index is 6.43. The largest absolute Gasteiger partial charge is 0.372 e. The molecule has 1 aromatic rings. The number of ether oxygens (including phenoxy) is 1. The maximum Gasteiger partial charge on any atom is 0.102 e. The first kappa shape index (κ1) is 14.6. The fourth-order valence-corrected chi connectivity index (χ4v) is 4.88. The first-order valence-corrected chi connectivity index (χ1v) is 9.10. The van der Waals surface area contributed by atoms with Crippen LogP contribution in [0.3, 0.4) is 0 Å². The van der Waals surface area contributed by atoms with E-state index in [2.05, 4.69) is 23.8 Å². The first-order valence-electron chi connectivity index (χ1n) is 8.22. The van der Waals surface area contributed by atoms with Crippen LogP contribution >= 0.6 is 11.3 Å². The van der Waals surface area contributed by atoms with Crippen molar-refractivity contribution in [3.05, 3.63) is 21.9 Å². The Bertz CT molecular complexity index is 422. The Morgan fingerprint density at radius 1 is 1.15 bits per heavy atom. The molecule has 1 aromatic heterocycles. The van der Waals surface area contributed by atoms with Gasteiger partial charge in [-0.1, -0.05) is 25.7 Å². The summed E-state index contributed by atoms with van der Waals surface area (Å²) in [6.45, 7) is 0.920. The average Bonchev–Trinajstić information content (AvgIpc) is 2.96. The fourth-order valence-electron chi connectivity index (χ4n) is 3.93. The van der Waals surface area contributed by atoms with Crippen LogP contribution in [0.1, 0.15) is 67.9 Å². The second-order valence-electron chi connectivity index (χ2n) is 6.33. The lowest BCUT2D eigenvalue weighted by molar-refractivity contribution is -0.0313. The van der Waals surface area contributed by atoms with Crippen LogP contribution in [0.5, 0.6) is 0 Å². The highest BCUT2D eigenvalue weighted by molar-refractivity contribution is 7.10. The summed E-state index contributed by atoms with van der Waals surface area (Å²) in [5.41, 5.74) is 1.64. The van der Waals surface area contributed by atoms with Crippen molar-refractivity contribution in [2.45, 2.75) is 69.4 Å². The minimum atomic E-state index is 0.165. The maximum atomic E-state index is 6.43. The molecule has 2 heterocycles. The number of hydrogen-bond donors (Lipinski definition) is 1. The minimum Gasteiger partial charge on any atom is -0.372 e. The Balaban J connectivity index is 1.93. The zero-order chi connectivity index (χ0) is 13.8. The van der Waals surface area contributed by atoms with Gasteiger partial charge in [0.1, 0.15) is 6.10 Å². The van der Waals surface area contributed by atoms with E-state index in [9.17, 15) is 0 Å². The second kappa shape index (κ2) is 6.59. The van der Waals surface area contributed by atoms with Crippen LogP contribution in [-0.2, 0) is 11.2 Å². The lowest BCUT2D eigenvalue weighted by Crippen LogP contribution is -2.50. The summed E-state index contributed by atoms with van der Waals surface area (Å²) in [5, 5.41) is 5.92. The smallest absolute Gasteiger partial charge is 0.102 e. The van der Waals surface area contributed by atoms with Gasteiger partial charge in [0.05, 0.1) is 0 Å². The van der Waals surface area contributed by atoms with Crippen LogP contribution in [0.15, 0.2) is 11.4 Å². The molecule has 0 radical (unpaired) electrons. The lowest BCUT2D eigenvalue weighted by Gasteiger charge is -2.43. The van der Waals surface area contributed by atoms with E-state index in [1.54, 1.807) is 4.88 Å². The monoisotopic (exact) mass is 293 g/mol. The zero-order valence-corrected chi connectivity index (χ0v) is 13.4. The van der Waals surface area contributed by atoms with E-state index >= 15 is 0 Å². The topological polar surface area (TPSA) is 21.3 Å². The average molecular weight is 293 g/mol. The molecule has 1 fully saturated rings. The van der Waals surface area contributed by atoms with Gasteiger partial charge in [0.15, 0.2) is 0 Å². The van der Waals surface area contributed by atoms with E-state index in [1.807, 2.05) is 11.3 Å². The fraction of sp³-hybridized carbons (Fsp3) is 0.765. The molecule has 2 aliphatic rings. The summed E-state index contributed by atoms with van der Waals surface area (Å²) in [5.74, 6) is 0. The number of aryl methyl sites for hydroxylation is 1. The van der Waals surface area contributed by atoms with E-state index in [1.165, 1.54) is 63.4 Å². The Morgan fingerprint density at radius 2 is 1.95 bits per heavy atom. The molecule has 2 nitrogen and oxygen atoms in total. The number of nitrogens with one attached hydrogen (secondary N) is 1. The van der Waals surface area contributed by atoms with Crippen LogP contribution in [0.2, 0.25) is 0 Å². The van der Waals surface area contributed by atoms with Gasteiger partial charge in [-0.25, -0.2) is 0 Å². The highest BCUT2D eigenvalue weighted by Gasteiger charge is 2.41. The molecular formula is C17H27NOS. The molecule has 1 aliphatic carbocycles. The summed E-state index contributed by atoms with van der Waals surface area (Å²) >= 11 is 1.93. The molecule has 0 amide bonds. The third kappa shape index (κ3) is 2.81. The number of thiophene rings is 1. The van der Waals surface area contributed by atoms with E-state index in [0.717, 1.165) is 6.61 Å². The highest BCUT2D eigenvalue weighted by atomic mass is 32.1. The van der Waals surface area contributed by atoms with Gasteiger partial charge in [-0.15, -0.1) is 11.3 Å². The lowest BCUT2D eigenvalue weighted by atomic mass is 9.75. The molecule has 0 saturated heterocycles. The predicted octanol–water partition coefficient (Wildman–Crippen LogP) is 4.45. The van der Waals surface area contributed by atoms with Crippen LogP contribution in [0, 0.1) is 0 Å². The zero-order valence-electron chi connectivity index (χ0n) is 12.6. The minimum absolute atomic E-state index is 0.165. The van der Waals surface area contributed by atoms with Gasteiger partial charge in [-0.2, -0.15) is 0 Å². The van der Waals surface area contributed by atoms with Crippen LogP contribution < -0.4 is 5.32 Å². The van der Waals surface area contributed by atoms with Crippen molar-refractivity contribution in [2.24, 2.45) is 0 Å². The Hall–Kier alpha value is -0.380. The molecule has 0 aromatic carbocycles. The standard InChI is InChI=1S/C17H27NOS/c1-18-17(10-5-3-6-11-17)16-14-9-13-20-15(14)8-4-2-7-12-19-16/h9,13,16,18H,2-8,10-12H2,1H3. The Morgan fingerprint density at radius 3 is 2.75 bits per heavy atom. The molecule has 1 unspecified atom stereocenters. The number of likely N-dealkylation sites (N-methyl/N-ethyl adjacent to an activating group) is 1. The molecule has 20 heavy (non-hydrogen) atoms. The van der Waals surface area contributed by atoms with Crippen molar-refractivity contribution in [3.8, 4) is 0 Å². The van der Waals surface area contributed by atoms with Crippen LogP contribution in [0.4, 0.5) is 0 Å². The van der Waals surface area contributed by atoms with Gasteiger partial charge in [0.2, 0.25) is 0 Å².